The minimum absolute atomic E-state index is 0.192. The quantitative estimate of drug-likeness (QED) is 0.641. The van der Waals surface area contributed by atoms with E-state index in [1.54, 1.807) is 29.6 Å². The summed E-state index contributed by atoms with van der Waals surface area (Å²) in [5, 5.41) is 1.75. The lowest BCUT2D eigenvalue weighted by Gasteiger charge is -2.34. The molecule has 10 heteroatoms. The zero-order valence-electron chi connectivity index (χ0n) is 14.5. The number of hydrogen-bond donors (Lipinski definition) is 1. The molecule has 27 heavy (non-hydrogen) atoms. The van der Waals surface area contributed by atoms with Gasteiger partial charge in [0, 0.05) is 23.6 Å². The molecule has 0 saturated carbocycles. The average Bonchev–Trinajstić information content (AvgIpc) is 3.18. The van der Waals surface area contributed by atoms with Crippen molar-refractivity contribution in [3.8, 4) is 0 Å². The predicted molar refractivity (Wildman–Crippen MR) is 110 cm³/mol. The summed E-state index contributed by atoms with van der Waals surface area (Å²) in [5.74, 6) is 0. The number of sulfonamides is 2. The lowest BCUT2D eigenvalue weighted by atomic mass is 10.0. The van der Waals surface area contributed by atoms with Crippen molar-refractivity contribution in [2.24, 2.45) is 0 Å². The summed E-state index contributed by atoms with van der Waals surface area (Å²) in [5.41, 5.74) is 0. The molecule has 1 saturated heterocycles. The summed E-state index contributed by atoms with van der Waals surface area (Å²) in [7, 11) is -7.13. The van der Waals surface area contributed by atoms with Crippen LogP contribution in [-0.2, 0) is 20.0 Å². The molecule has 0 bridgehead atoms. The molecule has 1 aromatic heterocycles. The van der Waals surface area contributed by atoms with Crippen LogP contribution in [-0.4, -0.2) is 40.3 Å². The monoisotopic (exact) mass is 492 g/mol. The van der Waals surface area contributed by atoms with Gasteiger partial charge in [0.2, 0.25) is 10.0 Å². The molecular weight excluding hydrogens is 472 g/mol. The molecule has 1 atom stereocenters. The van der Waals surface area contributed by atoms with E-state index in [-0.39, 0.29) is 17.5 Å². The van der Waals surface area contributed by atoms with Crippen molar-refractivity contribution in [1.82, 2.24) is 9.03 Å². The van der Waals surface area contributed by atoms with Crippen molar-refractivity contribution in [1.29, 1.82) is 0 Å². The summed E-state index contributed by atoms with van der Waals surface area (Å²) in [6, 6.07) is 9.54. The molecule has 0 radical (unpaired) electrons. The summed E-state index contributed by atoms with van der Waals surface area (Å²) in [6.07, 6.45) is 2.96. The van der Waals surface area contributed by atoms with E-state index in [1.165, 1.54) is 27.8 Å². The maximum absolute atomic E-state index is 12.9. The van der Waals surface area contributed by atoms with Crippen LogP contribution in [0.3, 0.4) is 0 Å². The van der Waals surface area contributed by atoms with E-state index in [1.807, 2.05) is 0 Å². The highest BCUT2D eigenvalue weighted by Crippen LogP contribution is 2.29. The SMILES string of the molecule is O=S(=O)(NCCC1CCCCN1S(=O)(=O)c1cccs1)c1ccc(Br)cc1. The van der Waals surface area contributed by atoms with Crippen LogP contribution in [0.1, 0.15) is 25.7 Å². The number of nitrogens with zero attached hydrogens (tertiary/aromatic N) is 1. The average molecular weight is 493 g/mol. The van der Waals surface area contributed by atoms with Crippen molar-refractivity contribution in [2.75, 3.05) is 13.1 Å². The van der Waals surface area contributed by atoms with Crippen LogP contribution in [0.4, 0.5) is 0 Å². The van der Waals surface area contributed by atoms with Gasteiger partial charge in [-0.05, 0) is 55.0 Å². The first-order valence-corrected chi connectivity index (χ1v) is 13.2. The third kappa shape index (κ3) is 4.99. The van der Waals surface area contributed by atoms with Gasteiger partial charge in [0.15, 0.2) is 0 Å². The van der Waals surface area contributed by atoms with Gasteiger partial charge >= 0.3 is 0 Å². The van der Waals surface area contributed by atoms with Gasteiger partial charge in [-0.15, -0.1) is 11.3 Å². The van der Waals surface area contributed by atoms with Crippen LogP contribution in [0.5, 0.6) is 0 Å². The van der Waals surface area contributed by atoms with E-state index < -0.39 is 20.0 Å². The number of nitrogens with one attached hydrogen (secondary N) is 1. The smallest absolute Gasteiger partial charge is 0.211 e. The Bertz CT molecular complexity index is 958. The highest BCUT2D eigenvalue weighted by atomic mass is 79.9. The van der Waals surface area contributed by atoms with E-state index in [0.29, 0.717) is 17.2 Å². The van der Waals surface area contributed by atoms with Crippen molar-refractivity contribution in [3.05, 3.63) is 46.3 Å². The lowest BCUT2D eigenvalue weighted by Crippen LogP contribution is -2.44. The molecule has 0 spiro atoms. The first-order valence-electron chi connectivity index (χ1n) is 8.61. The van der Waals surface area contributed by atoms with Gasteiger partial charge in [-0.2, -0.15) is 4.31 Å². The first-order chi connectivity index (χ1) is 12.8. The highest BCUT2D eigenvalue weighted by molar-refractivity contribution is 9.10. The third-order valence-electron chi connectivity index (χ3n) is 4.52. The first kappa shape index (κ1) is 20.9. The van der Waals surface area contributed by atoms with E-state index in [4.69, 9.17) is 0 Å². The largest absolute Gasteiger partial charge is 0.252 e. The van der Waals surface area contributed by atoms with Gasteiger partial charge in [0.05, 0.1) is 4.90 Å². The minimum atomic E-state index is -3.61. The number of piperidine rings is 1. The number of thiophene rings is 1. The highest BCUT2D eigenvalue weighted by Gasteiger charge is 2.33. The van der Waals surface area contributed by atoms with E-state index >= 15 is 0 Å². The second-order valence-corrected chi connectivity index (χ2v) is 12.1. The zero-order chi connectivity index (χ0) is 19.5. The lowest BCUT2D eigenvalue weighted by molar-refractivity contribution is 0.242. The van der Waals surface area contributed by atoms with Crippen molar-refractivity contribution in [2.45, 2.75) is 40.8 Å². The third-order valence-corrected chi connectivity index (χ3v) is 9.86. The molecule has 6 nitrogen and oxygen atoms in total. The van der Waals surface area contributed by atoms with E-state index in [2.05, 4.69) is 20.7 Å². The molecule has 0 aliphatic carbocycles. The Morgan fingerprint density at radius 3 is 2.52 bits per heavy atom. The van der Waals surface area contributed by atoms with Crippen LogP contribution in [0, 0.1) is 0 Å². The number of benzene rings is 1. The fraction of sp³-hybridized carbons (Fsp3) is 0.412. The number of hydrogen-bond acceptors (Lipinski definition) is 5. The normalized spacial score (nSPS) is 19.2. The molecule has 1 N–H and O–H groups in total. The maximum atomic E-state index is 12.9. The fourth-order valence-corrected chi connectivity index (χ4v) is 7.32. The standard InChI is InChI=1S/C17H21BrN2O4S3/c18-14-6-8-16(9-7-14)26(21,22)19-11-10-15-4-1-2-12-20(15)27(23,24)17-5-3-13-25-17/h3,5-9,13,15,19H,1-2,4,10-12H2. The van der Waals surface area contributed by atoms with Crippen LogP contribution in [0.15, 0.2) is 55.4 Å². The Kier molecular flexibility index (Phi) is 6.75. The molecule has 1 aromatic carbocycles. The summed E-state index contributed by atoms with van der Waals surface area (Å²) < 4.78 is 55.8. The van der Waals surface area contributed by atoms with Gasteiger partial charge < -0.3 is 0 Å². The second kappa shape index (κ2) is 8.71. The van der Waals surface area contributed by atoms with Gasteiger partial charge in [-0.25, -0.2) is 21.6 Å². The van der Waals surface area contributed by atoms with Gasteiger partial charge in [-0.1, -0.05) is 28.4 Å². The van der Waals surface area contributed by atoms with Crippen LogP contribution < -0.4 is 4.72 Å². The molecule has 2 heterocycles. The predicted octanol–water partition coefficient (Wildman–Crippen LogP) is 3.42. The Morgan fingerprint density at radius 1 is 1.11 bits per heavy atom. The Balaban J connectivity index is 1.66. The Hall–Kier alpha value is -0.780. The van der Waals surface area contributed by atoms with Crippen molar-refractivity contribution in [3.63, 3.8) is 0 Å². The molecule has 0 amide bonds. The zero-order valence-corrected chi connectivity index (χ0v) is 18.6. The number of rotatable bonds is 7. The minimum Gasteiger partial charge on any atom is -0.211 e. The summed E-state index contributed by atoms with van der Waals surface area (Å²) in [4.78, 5) is 0.192. The molecule has 148 valence electrons. The van der Waals surface area contributed by atoms with Crippen LogP contribution in [0.2, 0.25) is 0 Å². The van der Waals surface area contributed by atoms with Gasteiger partial charge in [-0.3, -0.25) is 0 Å². The summed E-state index contributed by atoms with van der Waals surface area (Å²) >= 11 is 4.49. The van der Waals surface area contributed by atoms with Crippen LogP contribution in [0.25, 0.3) is 0 Å². The molecule has 1 aliphatic rings. The second-order valence-electron chi connectivity index (χ2n) is 6.34. The molecule has 1 unspecified atom stereocenters. The Labute approximate surface area is 172 Å². The van der Waals surface area contributed by atoms with E-state index in [9.17, 15) is 16.8 Å². The maximum Gasteiger partial charge on any atom is 0.252 e. The van der Waals surface area contributed by atoms with Crippen LogP contribution >= 0.6 is 27.3 Å². The van der Waals surface area contributed by atoms with E-state index in [0.717, 1.165) is 23.7 Å². The Morgan fingerprint density at radius 2 is 1.85 bits per heavy atom. The molecule has 1 fully saturated rings. The molecule has 3 rings (SSSR count). The van der Waals surface area contributed by atoms with Crippen molar-refractivity contribution >= 4 is 47.3 Å². The number of halogens is 1. The molecule has 2 aromatic rings. The van der Waals surface area contributed by atoms with Gasteiger partial charge in [0.25, 0.3) is 10.0 Å². The summed E-state index contributed by atoms with van der Waals surface area (Å²) in [6.45, 7) is 0.671. The molecule has 1 aliphatic heterocycles. The topological polar surface area (TPSA) is 83.6 Å². The fourth-order valence-electron chi connectivity index (χ4n) is 3.16. The molecular formula is C17H21BrN2O4S3. The van der Waals surface area contributed by atoms with Gasteiger partial charge in [0.1, 0.15) is 4.21 Å². The van der Waals surface area contributed by atoms with Crippen molar-refractivity contribution < 1.29 is 16.8 Å².